The number of hydrogen-bond donors (Lipinski definition) is 3. The Morgan fingerprint density at radius 3 is 2.68 bits per heavy atom. The van der Waals surface area contributed by atoms with Crippen LogP contribution in [0.15, 0.2) is 35.8 Å². The summed E-state index contributed by atoms with van der Waals surface area (Å²) in [5.74, 6) is 0.661. The highest BCUT2D eigenvalue weighted by Crippen LogP contribution is 2.33. The van der Waals surface area contributed by atoms with Crippen LogP contribution in [0.2, 0.25) is 0 Å². The van der Waals surface area contributed by atoms with E-state index in [4.69, 9.17) is 4.74 Å². The monoisotopic (exact) mass is 386 g/mol. The number of anilines is 2. The van der Waals surface area contributed by atoms with Crippen molar-refractivity contribution in [2.24, 2.45) is 0 Å². The molecule has 0 amide bonds. The Kier molecular flexibility index (Phi) is 5.54. The van der Waals surface area contributed by atoms with Crippen molar-refractivity contribution in [2.45, 2.75) is 69.5 Å². The standard InChI is InChI=1S/C19H26N6O3/c1-12-17(26)16(24-14-9-20-11-21-10-14)18(28-12)25-15(7-8-22-19(25)27)23-13-5-3-2-4-6-13/h7-13,16-18,23-24,26H,2-6H2,1H3. The van der Waals surface area contributed by atoms with Gasteiger partial charge in [-0.05, 0) is 25.8 Å². The quantitative estimate of drug-likeness (QED) is 0.709. The Morgan fingerprint density at radius 1 is 1.18 bits per heavy atom. The third kappa shape index (κ3) is 3.85. The van der Waals surface area contributed by atoms with Gasteiger partial charge in [0.1, 0.15) is 24.3 Å². The molecule has 0 bridgehead atoms. The molecule has 1 saturated heterocycles. The lowest BCUT2D eigenvalue weighted by Gasteiger charge is -2.29. The van der Waals surface area contributed by atoms with Gasteiger partial charge >= 0.3 is 5.69 Å². The van der Waals surface area contributed by atoms with E-state index in [0.29, 0.717) is 17.5 Å². The normalized spacial score (nSPS) is 28.2. The van der Waals surface area contributed by atoms with Crippen molar-refractivity contribution < 1.29 is 9.84 Å². The van der Waals surface area contributed by atoms with Crippen LogP contribution in [-0.4, -0.2) is 48.9 Å². The molecule has 2 aliphatic rings. The van der Waals surface area contributed by atoms with Crippen LogP contribution in [0.25, 0.3) is 0 Å². The van der Waals surface area contributed by atoms with Crippen LogP contribution in [0.5, 0.6) is 0 Å². The highest BCUT2D eigenvalue weighted by molar-refractivity contribution is 5.41. The van der Waals surface area contributed by atoms with E-state index in [2.05, 4.69) is 25.6 Å². The molecule has 150 valence electrons. The first-order chi connectivity index (χ1) is 13.6. The first-order valence-electron chi connectivity index (χ1n) is 9.82. The predicted octanol–water partition coefficient (Wildman–Crippen LogP) is 1.54. The van der Waals surface area contributed by atoms with Gasteiger partial charge < -0.3 is 20.5 Å². The van der Waals surface area contributed by atoms with E-state index >= 15 is 0 Å². The van der Waals surface area contributed by atoms with Crippen molar-refractivity contribution in [3.63, 3.8) is 0 Å². The molecule has 4 unspecified atom stereocenters. The summed E-state index contributed by atoms with van der Waals surface area (Å²) >= 11 is 0. The summed E-state index contributed by atoms with van der Waals surface area (Å²) in [5, 5.41) is 17.4. The van der Waals surface area contributed by atoms with Gasteiger partial charge in [0.25, 0.3) is 0 Å². The number of aliphatic hydroxyl groups is 1. The van der Waals surface area contributed by atoms with Gasteiger partial charge in [-0.25, -0.2) is 24.3 Å². The van der Waals surface area contributed by atoms with Crippen molar-refractivity contribution in [3.05, 3.63) is 41.5 Å². The molecule has 0 spiro atoms. The van der Waals surface area contributed by atoms with E-state index in [1.54, 1.807) is 25.4 Å². The van der Waals surface area contributed by atoms with E-state index in [-0.39, 0.29) is 0 Å². The molecule has 4 rings (SSSR count). The molecular formula is C19H26N6O3. The fourth-order valence-corrected chi connectivity index (χ4v) is 4.03. The second-order valence-corrected chi connectivity index (χ2v) is 7.48. The summed E-state index contributed by atoms with van der Waals surface area (Å²) in [6.07, 6.45) is 9.98. The largest absolute Gasteiger partial charge is 0.388 e. The second-order valence-electron chi connectivity index (χ2n) is 7.48. The number of hydrogen-bond acceptors (Lipinski definition) is 8. The van der Waals surface area contributed by atoms with Gasteiger partial charge in [-0.1, -0.05) is 19.3 Å². The number of aromatic nitrogens is 4. The number of rotatable bonds is 5. The third-order valence-electron chi connectivity index (χ3n) is 5.50. The van der Waals surface area contributed by atoms with Crippen molar-refractivity contribution in [2.75, 3.05) is 10.6 Å². The SMILES string of the molecule is CC1OC(n2c(NC3CCCCC3)ccnc2=O)C(Nc2cncnc2)C1O. The maximum absolute atomic E-state index is 12.7. The summed E-state index contributed by atoms with van der Waals surface area (Å²) in [6.45, 7) is 1.79. The zero-order chi connectivity index (χ0) is 19.5. The number of ether oxygens (including phenoxy) is 1. The minimum absolute atomic E-state index is 0.319. The molecule has 9 heteroatoms. The molecular weight excluding hydrogens is 360 g/mol. The highest BCUT2D eigenvalue weighted by atomic mass is 16.5. The van der Waals surface area contributed by atoms with E-state index in [9.17, 15) is 9.90 Å². The summed E-state index contributed by atoms with van der Waals surface area (Å²) in [6, 6.07) is 1.56. The zero-order valence-electron chi connectivity index (χ0n) is 15.9. The molecule has 0 radical (unpaired) electrons. The van der Waals surface area contributed by atoms with Crippen molar-refractivity contribution in [1.29, 1.82) is 0 Å². The van der Waals surface area contributed by atoms with Crippen LogP contribution < -0.4 is 16.3 Å². The second kappa shape index (κ2) is 8.24. The lowest BCUT2D eigenvalue weighted by Crippen LogP contribution is -2.41. The lowest BCUT2D eigenvalue weighted by molar-refractivity contribution is -0.00990. The Bertz CT molecular complexity index is 839. The Morgan fingerprint density at radius 2 is 1.93 bits per heavy atom. The Balaban J connectivity index is 1.64. The van der Waals surface area contributed by atoms with E-state index in [1.807, 2.05) is 0 Å². The van der Waals surface area contributed by atoms with Crippen LogP contribution in [-0.2, 0) is 4.74 Å². The van der Waals surface area contributed by atoms with Gasteiger partial charge in [-0.3, -0.25) is 0 Å². The average Bonchev–Trinajstić information content (AvgIpc) is 2.98. The van der Waals surface area contributed by atoms with Crippen LogP contribution in [0.1, 0.15) is 45.3 Å². The summed E-state index contributed by atoms with van der Waals surface area (Å²) < 4.78 is 7.49. The first kappa shape index (κ1) is 18.8. The van der Waals surface area contributed by atoms with Crippen LogP contribution in [0.3, 0.4) is 0 Å². The number of nitrogens with one attached hydrogen (secondary N) is 2. The molecule has 4 atom stereocenters. The highest BCUT2D eigenvalue weighted by Gasteiger charge is 2.44. The maximum Gasteiger partial charge on any atom is 0.351 e. The molecule has 9 nitrogen and oxygen atoms in total. The Labute approximate surface area is 163 Å². The molecule has 0 aromatic carbocycles. The zero-order valence-corrected chi connectivity index (χ0v) is 15.9. The van der Waals surface area contributed by atoms with Gasteiger partial charge in [0, 0.05) is 12.2 Å². The first-order valence-corrected chi connectivity index (χ1v) is 9.82. The molecule has 28 heavy (non-hydrogen) atoms. The summed E-state index contributed by atoms with van der Waals surface area (Å²) in [5.41, 5.74) is 0.233. The molecule has 3 heterocycles. The topological polar surface area (TPSA) is 114 Å². The molecule has 1 saturated carbocycles. The molecule has 1 aliphatic carbocycles. The third-order valence-corrected chi connectivity index (χ3v) is 5.50. The number of aliphatic hydroxyl groups excluding tert-OH is 1. The fraction of sp³-hybridized carbons (Fsp3) is 0.579. The van der Waals surface area contributed by atoms with Gasteiger partial charge in [-0.15, -0.1) is 0 Å². The van der Waals surface area contributed by atoms with E-state index < -0.39 is 30.2 Å². The molecule has 2 aromatic rings. The van der Waals surface area contributed by atoms with Crippen molar-refractivity contribution in [1.82, 2.24) is 19.5 Å². The minimum atomic E-state index is -0.806. The lowest BCUT2D eigenvalue weighted by atomic mass is 9.95. The smallest absolute Gasteiger partial charge is 0.351 e. The van der Waals surface area contributed by atoms with E-state index in [1.165, 1.54) is 36.4 Å². The van der Waals surface area contributed by atoms with Crippen LogP contribution in [0.4, 0.5) is 11.5 Å². The predicted molar refractivity (Wildman–Crippen MR) is 104 cm³/mol. The number of nitrogens with zero attached hydrogens (tertiary/aromatic N) is 4. The van der Waals surface area contributed by atoms with Gasteiger partial charge in [0.05, 0.1) is 24.2 Å². The van der Waals surface area contributed by atoms with Gasteiger partial charge in [0.15, 0.2) is 6.23 Å². The van der Waals surface area contributed by atoms with Crippen LogP contribution >= 0.6 is 0 Å². The average molecular weight is 386 g/mol. The van der Waals surface area contributed by atoms with Crippen molar-refractivity contribution >= 4 is 11.5 Å². The molecule has 3 N–H and O–H groups in total. The molecule has 2 fully saturated rings. The summed E-state index contributed by atoms with van der Waals surface area (Å²) in [7, 11) is 0. The minimum Gasteiger partial charge on any atom is -0.388 e. The van der Waals surface area contributed by atoms with Crippen molar-refractivity contribution in [3.8, 4) is 0 Å². The fourth-order valence-electron chi connectivity index (χ4n) is 4.03. The van der Waals surface area contributed by atoms with Crippen LogP contribution in [0, 0.1) is 0 Å². The van der Waals surface area contributed by atoms with Gasteiger partial charge in [0.2, 0.25) is 0 Å². The summed E-state index contributed by atoms with van der Waals surface area (Å²) in [4.78, 5) is 24.6. The molecule has 1 aliphatic heterocycles. The van der Waals surface area contributed by atoms with Gasteiger partial charge in [-0.2, -0.15) is 0 Å². The molecule has 2 aromatic heterocycles. The maximum atomic E-state index is 12.7. The Hall–Kier alpha value is -2.52. The van der Waals surface area contributed by atoms with E-state index in [0.717, 1.165) is 12.8 Å².